The average molecular weight is 157 g/mol. The first kappa shape index (κ1) is 8.00. The van der Waals surface area contributed by atoms with Gasteiger partial charge < -0.3 is 10.6 Å². The number of rotatable bonds is 2. The van der Waals surface area contributed by atoms with Crippen molar-refractivity contribution in [2.45, 2.75) is 6.42 Å². The number of nitrogens with two attached hydrogens (primary N) is 1. The first-order valence-corrected chi connectivity index (χ1v) is 3.53. The van der Waals surface area contributed by atoms with Gasteiger partial charge in [-0.2, -0.15) is 0 Å². The molecule has 62 valence electrons. The van der Waals surface area contributed by atoms with E-state index in [0.717, 1.165) is 0 Å². The minimum Gasteiger partial charge on any atom is -0.329 e. The summed E-state index contributed by atoms with van der Waals surface area (Å²) in [5, 5.41) is 2.21. The molecule has 0 aliphatic carbocycles. The van der Waals surface area contributed by atoms with Crippen LogP contribution in [0.2, 0.25) is 0 Å². The third kappa shape index (κ3) is 1.91. The SMILES string of the molecule is NCCN1CCC(=O)NC1=O. The van der Waals surface area contributed by atoms with Crippen LogP contribution in [0.25, 0.3) is 0 Å². The van der Waals surface area contributed by atoms with Gasteiger partial charge in [0, 0.05) is 26.1 Å². The molecule has 0 saturated carbocycles. The maximum absolute atomic E-state index is 10.9. The van der Waals surface area contributed by atoms with Crippen LogP contribution in [0.4, 0.5) is 4.79 Å². The van der Waals surface area contributed by atoms with E-state index >= 15 is 0 Å². The van der Waals surface area contributed by atoms with Gasteiger partial charge in [-0.05, 0) is 0 Å². The molecule has 0 bridgehead atoms. The van der Waals surface area contributed by atoms with E-state index in [2.05, 4.69) is 5.32 Å². The Labute approximate surface area is 64.5 Å². The van der Waals surface area contributed by atoms with Crippen molar-refractivity contribution in [2.75, 3.05) is 19.6 Å². The van der Waals surface area contributed by atoms with Crippen molar-refractivity contribution in [3.8, 4) is 0 Å². The van der Waals surface area contributed by atoms with Crippen LogP contribution in [0.3, 0.4) is 0 Å². The summed E-state index contributed by atoms with van der Waals surface area (Å²) in [5.74, 6) is -0.205. The van der Waals surface area contributed by atoms with Crippen LogP contribution in [-0.2, 0) is 4.79 Å². The van der Waals surface area contributed by atoms with Crippen molar-refractivity contribution in [3.05, 3.63) is 0 Å². The van der Waals surface area contributed by atoms with Crippen molar-refractivity contribution < 1.29 is 9.59 Å². The second-order valence-electron chi connectivity index (χ2n) is 2.38. The Morgan fingerprint density at radius 3 is 2.82 bits per heavy atom. The molecule has 0 radical (unpaired) electrons. The highest BCUT2D eigenvalue weighted by Crippen LogP contribution is 1.98. The number of nitrogens with one attached hydrogen (secondary N) is 1. The average Bonchev–Trinajstić information content (AvgIpc) is 1.95. The lowest BCUT2D eigenvalue weighted by Crippen LogP contribution is -2.50. The fraction of sp³-hybridized carbons (Fsp3) is 0.667. The van der Waals surface area contributed by atoms with Gasteiger partial charge in [-0.25, -0.2) is 4.79 Å². The Bertz CT molecular complexity index is 181. The van der Waals surface area contributed by atoms with Crippen LogP contribution < -0.4 is 11.1 Å². The molecule has 0 aromatic rings. The monoisotopic (exact) mass is 157 g/mol. The van der Waals surface area contributed by atoms with Crippen molar-refractivity contribution >= 4 is 11.9 Å². The summed E-state index contributed by atoms with van der Waals surface area (Å²) < 4.78 is 0. The largest absolute Gasteiger partial charge is 0.329 e. The molecule has 1 aliphatic heterocycles. The lowest BCUT2D eigenvalue weighted by molar-refractivity contribution is -0.121. The molecular formula is C6H11N3O2. The molecule has 0 unspecified atom stereocenters. The van der Waals surface area contributed by atoms with E-state index in [0.29, 0.717) is 26.1 Å². The summed E-state index contributed by atoms with van der Waals surface area (Å²) >= 11 is 0. The summed E-state index contributed by atoms with van der Waals surface area (Å²) in [7, 11) is 0. The number of hydrogen-bond donors (Lipinski definition) is 2. The van der Waals surface area contributed by atoms with E-state index in [9.17, 15) is 9.59 Å². The van der Waals surface area contributed by atoms with Crippen LogP contribution in [0, 0.1) is 0 Å². The smallest absolute Gasteiger partial charge is 0.324 e. The molecule has 5 nitrogen and oxygen atoms in total. The molecular weight excluding hydrogens is 146 g/mol. The first-order chi connectivity index (χ1) is 5.24. The van der Waals surface area contributed by atoms with E-state index in [4.69, 9.17) is 5.73 Å². The Morgan fingerprint density at radius 2 is 2.27 bits per heavy atom. The van der Waals surface area contributed by atoms with E-state index in [1.54, 1.807) is 0 Å². The number of imide groups is 1. The van der Waals surface area contributed by atoms with Crippen molar-refractivity contribution in [1.82, 2.24) is 10.2 Å². The molecule has 0 aromatic heterocycles. The quantitative estimate of drug-likeness (QED) is 0.533. The minimum atomic E-state index is -0.327. The molecule has 11 heavy (non-hydrogen) atoms. The minimum absolute atomic E-state index is 0.205. The molecule has 1 fully saturated rings. The zero-order chi connectivity index (χ0) is 8.27. The van der Waals surface area contributed by atoms with Gasteiger partial charge in [0.05, 0.1) is 0 Å². The zero-order valence-electron chi connectivity index (χ0n) is 6.17. The predicted octanol–water partition coefficient (Wildman–Crippen LogP) is -1.11. The third-order valence-corrected chi connectivity index (χ3v) is 1.54. The second kappa shape index (κ2) is 3.34. The van der Waals surface area contributed by atoms with Crippen molar-refractivity contribution in [3.63, 3.8) is 0 Å². The topological polar surface area (TPSA) is 75.4 Å². The molecule has 3 N–H and O–H groups in total. The highest BCUT2D eigenvalue weighted by atomic mass is 16.2. The summed E-state index contributed by atoms with van der Waals surface area (Å²) in [6.45, 7) is 1.43. The number of urea groups is 1. The molecule has 0 aromatic carbocycles. The summed E-state index contributed by atoms with van der Waals surface area (Å²) in [4.78, 5) is 23.1. The third-order valence-electron chi connectivity index (χ3n) is 1.54. The maximum Gasteiger partial charge on any atom is 0.324 e. The van der Waals surface area contributed by atoms with Crippen LogP contribution in [0.15, 0.2) is 0 Å². The molecule has 1 saturated heterocycles. The fourth-order valence-corrected chi connectivity index (χ4v) is 0.968. The van der Waals surface area contributed by atoms with Gasteiger partial charge in [-0.1, -0.05) is 0 Å². The number of nitrogens with zero attached hydrogens (tertiary/aromatic N) is 1. The van der Waals surface area contributed by atoms with Crippen molar-refractivity contribution in [1.29, 1.82) is 0 Å². The number of carbonyl (C=O) groups excluding carboxylic acids is 2. The summed E-state index contributed by atoms with van der Waals surface area (Å²) in [5.41, 5.74) is 5.25. The standard InChI is InChI=1S/C6H11N3O2/c7-2-4-9-3-1-5(10)8-6(9)11/h1-4,7H2,(H,8,10,11). The highest BCUT2D eigenvalue weighted by molar-refractivity contribution is 5.96. The Morgan fingerprint density at radius 1 is 1.55 bits per heavy atom. The molecule has 0 spiro atoms. The maximum atomic E-state index is 10.9. The van der Waals surface area contributed by atoms with E-state index in [-0.39, 0.29) is 11.9 Å². The lowest BCUT2D eigenvalue weighted by Gasteiger charge is -2.25. The van der Waals surface area contributed by atoms with Gasteiger partial charge in [0.25, 0.3) is 0 Å². The normalized spacial score (nSPS) is 18.5. The van der Waals surface area contributed by atoms with Gasteiger partial charge in [0.2, 0.25) is 5.91 Å². The Hall–Kier alpha value is -1.10. The molecule has 1 heterocycles. The van der Waals surface area contributed by atoms with Gasteiger partial charge in [-0.3, -0.25) is 10.1 Å². The number of amides is 3. The summed E-state index contributed by atoms with van der Waals surface area (Å²) in [6, 6.07) is -0.327. The molecule has 3 amide bonds. The van der Waals surface area contributed by atoms with Gasteiger partial charge in [-0.15, -0.1) is 0 Å². The number of hydrogen-bond acceptors (Lipinski definition) is 3. The fourth-order valence-electron chi connectivity index (χ4n) is 0.968. The van der Waals surface area contributed by atoms with Crippen molar-refractivity contribution in [2.24, 2.45) is 5.73 Å². The van der Waals surface area contributed by atoms with E-state index in [1.165, 1.54) is 4.90 Å². The lowest BCUT2D eigenvalue weighted by atomic mass is 10.3. The molecule has 0 atom stereocenters. The van der Waals surface area contributed by atoms with Crippen LogP contribution in [-0.4, -0.2) is 36.5 Å². The first-order valence-electron chi connectivity index (χ1n) is 3.53. The Kier molecular flexibility index (Phi) is 2.43. The van der Waals surface area contributed by atoms with Crippen LogP contribution >= 0.6 is 0 Å². The van der Waals surface area contributed by atoms with Crippen LogP contribution in [0.5, 0.6) is 0 Å². The number of carbonyl (C=O) groups is 2. The Balaban J connectivity index is 2.44. The van der Waals surface area contributed by atoms with E-state index in [1.807, 2.05) is 0 Å². The van der Waals surface area contributed by atoms with Gasteiger partial charge >= 0.3 is 6.03 Å². The van der Waals surface area contributed by atoms with E-state index < -0.39 is 0 Å². The zero-order valence-corrected chi connectivity index (χ0v) is 6.17. The second-order valence-corrected chi connectivity index (χ2v) is 2.38. The highest BCUT2D eigenvalue weighted by Gasteiger charge is 2.21. The molecule has 5 heteroatoms. The van der Waals surface area contributed by atoms with Gasteiger partial charge in [0.1, 0.15) is 0 Å². The predicted molar refractivity (Wildman–Crippen MR) is 38.8 cm³/mol. The van der Waals surface area contributed by atoms with Crippen LogP contribution in [0.1, 0.15) is 6.42 Å². The van der Waals surface area contributed by atoms with Gasteiger partial charge in [0.15, 0.2) is 0 Å². The molecule has 1 aliphatic rings. The molecule has 1 rings (SSSR count). The summed E-state index contributed by atoms with van der Waals surface area (Å²) in [6.07, 6.45) is 0.381.